The normalized spacial score (nSPS) is 6.79. The van der Waals surface area contributed by atoms with Gasteiger partial charge in [0.2, 0.25) is 0 Å². The number of hydrogen-bond donors (Lipinski definition) is 0. The first-order valence-electron chi connectivity index (χ1n) is 3.46. The third-order valence-corrected chi connectivity index (χ3v) is 1.26. The minimum atomic E-state index is -0.500. The number of carbonyl (C=O) groups excluding carboxylic acids is 1. The van der Waals surface area contributed by atoms with Gasteiger partial charge in [-0.3, -0.25) is 0 Å². The predicted molar refractivity (Wildman–Crippen MR) is 47.2 cm³/mol. The molecule has 0 aliphatic heterocycles. The summed E-state index contributed by atoms with van der Waals surface area (Å²) in [5, 5.41) is 16.7. The molecule has 0 spiro atoms. The van der Waals surface area contributed by atoms with E-state index < -0.39 is 6.47 Å². The van der Waals surface area contributed by atoms with Crippen molar-refractivity contribution in [2.24, 2.45) is 0 Å². The average molecular weight is 213 g/mol. The van der Waals surface area contributed by atoms with E-state index in [0.717, 1.165) is 5.56 Å². The number of rotatable bonds is 1. The van der Waals surface area contributed by atoms with Crippen LogP contribution in [-0.4, -0.2) is 6.47 Å². The summed E-state index contributed by atoms with van der Waals surface area (Å²) in [6.45, 7) is 3.08. The van der Waals surface area contributed by atoms with E-state index >= 15 is 0 Å². The van der Waals surface area contributed by atoms with Crippen LogP contribution in [0, 0.1) is 11.3 Å². The Kier molecular flexibility index (Phi) is 12.2. The summed E-state index contributed by atoms with van der Waals surface area (Å²) in [6, 6.07) is 11.4. The summed E-state index contributed by atoms with van der Waals surface area (Å²) in [6.07, 6.45) is 0. The van der Waals surface area contributed by atoms with Crippen LogP contribution in [0.5, 0.6) is 0 Å². The zero-order valence-corrected chi connectivity index (χ0v) is 11.1. The fraction of sp³-hybridized carbons (Fsp3) is 0. The summed E-state index contributed by atoms with van der Waals surface area (Å²) in [4.78, 5) is 8.25. The van der Waals surface area contributed by atoms with Gasteiger partial charge >= 0.3 is 51.4 Å². The first-order chi connectivity index (χ1) is 6.26. The Bertz CT molecular complexity index is 317. The molecule has 0 amide bonds. The zero-order chi connectivity index (χ0) is 10.1. The van der Waals surface area contributed by atoms with Gasteiger partial charge in [-0.05, 0) is 5.56 Å². The number of nitriles is 1. The van der Waals surface area contributed by atoms with Crippen LogP contribution in [0.4, 0.5) is 0 Å². The van der Waals surface area contributed by atoms with E-state index in [1.807, 2.05) is 36.4 Å². The van der Waals surface area contributed by atoms with Crippen LogP contribution in [0.1, 0.15) is 5.56 Å². The molecular formula is C10H8KNO2. The molecule has 1 aromatic rings. The number of carbonyl (C=O) groups is 1. The third-order valence-electron chi connectivity index (χ3n) is 1.26. The molecule has 0 saturated heterocycles. The van der Waals surface area contributed by atoms with Crippen LogP contribution in [0.15, 0.2) is 36.9 Å². The molecule has 0 heterocycles. The number of allylic oxidation sites excluding steroid dienone is 1. The molecule has 0 unspecified atom stereocenters. The molecule has 1 rings (SSSR count). The van der Waals surface area contributed by atoms with E-state index in [0.29, 0.717) is 5.57 Å². The van der Waals surface area contributed by atoms with Gasteiger partial charge in [0.25, 0.3) is 0 Å². The van der Waals surface area contributed by atoms with Gasteiger partial charge in [0.15, 0.2) is 0 Å². The van der Waals surface area contributed by atoms with Crippen molar-refractivity contribution in [2.75, 3.05) is 0 Å². The standard InChI is InChI=1S/C9H7N.CH2O2.K/c1-8(7-10)9-5-3-2-4-6-9;2-1-3;/h2-6H,1H2;1H,(H,2,3);/q;;+1/p-1. The molecule has 3 nitrogen and oxygen atoms in total. The predicted octanol–water partition coefficient (Wildman–Crippen LogP) is -2.41. The number of hydrogen-bond acceptors (Lipinski definition) is 3. The van der Waals surface area contributed by atoms with Crippen molar-refractivity contribution in [1.82, 2.24) is 0 Å². The quantitative estimate of drug-likeness (QED) is 0.297. The van der Waals surface area contributed by atoms with Crippen molar-refractivity contribution >= 4 is 12.0 Å². The van der Waals surface area contributed by atoms with Crippen molar-refractivity contribution in [1.29, 1.82) is 5.26 Å². The molecule has 4 heteroatoms. The van der Waals surface area contributed by atoms with E-state index in [-0.39, 0.29) is 51.4 Å². The van der Waals surface area contributed by atoms with Crippen LogP contribution >= 0.6 is 0 Å². The first kappa shape index (κ1) is 16.0. The van der Waals surface area contributed by atoms with E-state index in [1.54, 1.807) is 0 Å². The van der Waals surface area contributed by atoms with Crippen molar-refractivity contribution in [3.63, 3.8) is 0 Å². The molecule has 66 valence electrons. The largest absolute Gasteiger partial charge is 1.00 e. The van der Waals surface area contributed by atoms with Gasteiger partial charge in [0, 0.05) is 6.47 Å². The molecule has 0 aromatic heterocycles. The molecule has 0 aliphatic carbocycles. The number of nitrogens with zero attached hydrogens (tertiary/aromatic N) is 1. The van der Waals surface area contributed by atoms with Crippen LogP contribution in [0.2, 0.25) is 0 Å². The van der Waals surface area contributed by atoms with Crippen LogP contribution < -0.4 is 56.5 Å². The van der Waals surface area contributed by atoms with E-state index in [2.05, 4.69) is 6.58 Å². The Labute approximate surface area is 125 Å². The van der Waals surface area contributed by atoms with Gasteiger partial charge in [-0.2, -0.15) is 5.26 Å². The van der Waals surface area contributed by atoms with E-state index in [4.69, 9.17) is 15.2 Å². The van der Waals surface area contributed by atoms with Crippen LogP contribution in [-0.2, 0) is 4.79 Å². The summed E-state index contributed by atoms with van der Waals surface area (Å²) in [5.41, 5.74) is 1.41. The second-order valence-corrected chi connectivity index (χ2v) is 2.05. The third kappa shape index (κ3) is 7.01. The van der Waals surface area contributed by atoms with Gasteiger partial charge in [-0.15, -0.1) is 0 Å². The Hall–Kier alpha value is -0.444. The Balaban J connectivity index is 0. The molecule has 0 saturated carbocycles. The average Bonchev–Trinajstić information content (AvgIpc) is 2.19. The minimum Gasteiger partial charge on any atom is -0.554 e. The van der Waals surface area contributed by atoms with E-state index in [9.17, 15) is 0 Å². The first-order valence-corrected chi connectivity index (χ1v) is 3.46. The summed E-state index contributed by atoms with van der Waals surface area (Å²) >= 11 is 0. The Morgan fingerprint density at radius 1 is 1.43 bits per heavy atom. The van der Waals surface area contributed by atoms with Crippen LogP contribution in [0.3, 0.4) is 0 Å². The second kappa shape index (κ2) is 10.6. The van der Waals surface area contributed by atoms with Crippen molar-refractivity contribution < 1.29 is 61.3 Å². The van der Waals surface area contributed by atoms with Gasteiger partial charge in [-0.25, -0.2) is 0 Å². The van der Waals surface area contributed by atoms with Gasteiger partial charge in [0.05, 0.1) is 11.6 Å². The summed E-state index contributed by atoms with van der Waals surface area (Å²) < 4.78 is 0. The summed E-state index contributed by atoms with van der Waals surface area (Å²) in [5.74, 6) is 0. The molecule has 0 bridgehead atoms. The van der Waals surface area contributed by atoms with Gasteiger partial charge in [-0.1, -0.05) is 36.9 Å². The molecule has 0 atom stereocenters. The number of carboxylic acid groups (broad SMARTS) is 1. The maximum absolute atomic E-state index is 8.44. The topological polar surface area (TPSA) is 63.9 Å². The minimum absolute atomic E-state index is 0. The Morgan fingerprint density at radius 2 is 1.86 bits per heavy atom. The summed E-state index contributed by atoms with van der Waals surface area (Å²) in [7, 11) is 0. The zero-order valence-electron chi connectivity index (χ0n) is 7.93. The Morgan fingerprint density at radius 3 is 2.21 bits per heavy atom. The fourth-order valence-corrected chi connectivity index (χ4v) is 0.704. The molecule has 1 aromatic carbocycles. The molecule has 0 aliphatic rings. The van der Waals surface area contributed by atoms with Gasteiger partial charge < -0.3 is 9.90 Å². The van der Waals surface area contributed by atoms with E-state index in [1.165, 1.54) is 0 Å². The second-order valence-electron chi connectivity index (χ2n) is 2.05. The molecular weight excluding hydrogens is 205 g/mol. The van der Waals surface area contributed by atoms with Crippen molar-refractivity contribution in [2.45, 2.75) is 0 Å². The number of benzene rings is 1. The van der Waals surface area contributed by atoms with Crippen molar-refractivity contribution in [3.8, 4) is 6.07 Å². The SMILES string of the molecule is C=C(C#N)c1ccccc1.O=C[O-].[K+]. The smallest absolute Gasteiger partial charge is 0.554 e. The monoisotopic (exact) mass is 213 g/mol. The van der Waals surface area contributed by atoms with Gasteiger partial charge in [0.1, 0.15) is 0 Å². The van der Waals surface area contributed by atoms with Crippen LogP contribution in [0.25, 0.3) is 5.57 Å². The molecule has 14 heavy (non-hydrogen) atoms. The maximum atomic E-state index is 8.44. The molecule has 0 fully saturated rings. The molecule has 0 N–H and O–H groups in total. The maximum Gasteiger partial charge on any atom is 1.00 e. The molecule has 0 radical (unpaired) electrons. The van der Waals surface area contributed by atoms with Crippen molar-refractivity contribution in [3.05, 3.63) is 42.5 Å². The fourth-order valence-electron chi connectivity index (χ4n) is 0.704.